The molecule has 0 N–H and O–H groups in total. The molecule has 0 saturated heterocycles. The topological polar surface area (TPSA) is 9.23 Å². The lowest BCUT2D eigenvalue weighted by atomic mass is 9.81. The van der Waals surface area contributed by atoms with Crippen molar-refractivity contribution in [2.24, 2.45) is 0 Å². The molecule has 1 saturated carbocycles. The highest BCUT2D eigenvalue weighted by Gasteiger charge is 2.18. The predicted octanol–water partition coefficient (Wildman–Crippen LogP) is 4.92. The molecule has 1 nitrogen and oxygen atoms in total. The van der Waals surface area contributed by atoms with Crippen molar-refractivity contribution < 1.29 is 4.43 Å². The highest BCUT2D eigenvalue weighted by atomic mass is 35.5. The van der Waals surface area contributed by atoms with E-state index in [1.54, 1.807) is 5.56 Å². The molecule has 2 aromatic rings. The largest absolute Gasteiger partial charge is 0.427 e. The summed E-state index contributed by atoms with van der Waals surface area (Å²) in [6, 6.07) is 19.8. The maximum Gasteiger partial charge on any atom is 0.146 e. The Bertz CT molecular complexity index is 551. The summed E-state index contributed by atoms with van der Waals surface area (Å²) in [7, 11) is 0.814. The van der Waals surface area contributed by atoms with Crippen LogP contribution in [0.3, 0.4) is 0 Å². The van der Waals surface area contributed by atoms with Crippen LogP contribution in [-0.2, 0) is 4.43 Å². The molecule has 0 aliphatic heterocycles. The SMILES string of the molecule is [SiH3]OCCCl.c1ccc(-c2ccccc2C2CCCCC2)cc1. The molecule has 0 atom stereocenters. The fraction of sp³-hybridized carbons (Fsp3) is 0.400. The maximum atomic E-state index is 5.20. The van der Waals surface area contributed by atoms with Gasteiger partial charge in [-0.15, -0.1) is 11.6 Å². The summed E-state index contributed by atoms with van der Waals surface area (Å²) < 4.78 is 4.70. The van der Waals surface area contributed by atoms with Crippen molar-refractivity contribution in [3.63, 3.8) is 0 Å². The average Bonchev–Trinajstić information content (AvgIpc) is 2.64. The zero-order chi connectivity index (χ0) is 16.3. The fourth-order valence-corrected chi connectivity index (χ4v) is 3.84. The van der Waals surface area contributed by atoms with E-state index < -0.39 is 0 Å². The van der Waals surface area contributed by atoms with Gasteiger partial charge in [0.25, 0.3) is 0 Å². The van der Waals surface area contributed by atoms with E-state index in [0.29, 0.717) is 12.5 Å². The zero-order valence-corrected chi connectivity index (χ0v) is 16.8. The molecule has 0 unspecified atom stereocenters. The van der Waals surface area contributed by atoms with Gasteiger partial charge in [0.2, 0.25) is 0 Å². The highest BCUT2D eigenvalue weighted by molar-refractivity contribution is 6.18. The molecule has 124 valence electrons. The Balaban J connectivity index is 0.000000338. The molecule has 1 aliphatic carbocycles. The van der Waals surface area contributed by atoms with Crippen molar-refractivity contribution in [1.82, 2.24) is 0 Å². The number of rotatable bonds is 4. The van der Waals surface area contributed by atoms with Gasteiger partial charge >= 0.3 is 0 Å². The van der Waals surface area contributed by atoms with Gasteiger partial charge in [0.1, 0.15) is 10.5 Å². The minimum Gasteiger partial charge on any atom is -0.427 e. The average molecular weight is 347 g/mol. The van der Waals surface area contributed by atoms with Crippen molar-refractivity contribution in [3.8, 4) is 11.1 Å². The first-order chi connectivity index (χ1) is 11.4. The van der Waals surface area contributed by atoms with Crippen LogP contribution in [0.25, 0.3) is 11.1 Å². The van der Waals surface area contributed by atoms with E-state index in [2.05, 4.69) is 54.6 Å². The molecule has 2 aromatic carbocycles. The Kier molecular flexibility index (Phi) is 8.44. The molecule has 3 heteroatoms. The van der Waals surface area contributed by atoms with Gasteiger partial charge in [0.15, 0.2) is 0 Å². The van der Waals surface area contributed by atoms with Gasteiger partial charge in [-0.3, -0.25) is 0 Å². The van der Waals surface area contributed by atoms with E-state index in [4.69, 9.17) is 16.0 Å². The lowest BCUT2D eigenvalue weighted by Gasteiger charge is -2.24. The third-order valence-corrected chi connectivity index (χ3v) is 4.93. The second-order valence-electron chi connectivity index (χ2n) is 5.97. The minimum atomic E-state index is 0.628. The van der Waals surface area contributed by atoms with Crippen LogP contribution in [0, 0.1) is 0 Å². The molecular weight excluding hydrogens is 320 g/mol. The number of hydrogen-bond acceptors (Lipinski definition) is 1. The molecule has 3 rings (SSSR count). The highest BCUT2D eigenvalue weighted by Crippen LogP contribution is 2.37. The summed E-state index contributed by atoms with van der Waals surface area (Å²) in [5.41, 5.74) is 4.35. The number of halogens is 1. The summed E-state index contributed by atoms with van der Waals surface area (Å²) in [5, 5.41) is 0. The standard InChI is InChI=1S/C18H20.C2H7ClOSi/c1-3-9-15(10-4-1)17-13-7-8-14-18(17)16-11-5-2-6-12-16;3-1-2-4-5/h1,3-4,7-10,13-14,16H,2,5-6,11-12H2;1-2H2,5H3. The zero-order valence-electron chi connectivity index (χ0n) is 14.0. The predicted molar refractivity (Wildman–Crippen MR) is 104 cm³/mol. The molecule has 0 amide bonds. The van der Waals surface area contributed by atoms with Crippen LogP contribution in [0.4, 0.5) is 0 Å². The summed E-state index contributed by atoms with van der Waals surface area (Å²) >= 11 is 5.20. The lowest BCUT2D eigenvalue weighted by Crippen LogP contribution is -2.05. The van der Waals surface area contributed by atoms with Crippen LogP contribution in [0.2, 0.25) is 0 Å². The second kappa shape index (κ2) is 10.6. The van der Waals surface area contributed by atoms with E-state index in [1.807, 2.05) is 0 Å². The van der Waals surface area contributed by atoms with Crippen molar-refractivity contribution in [2.45, 2.75) is 38.0 Å². The molecule has 0 bridgehead atoms. The first kappa shape index (κ1) is 18.2. The van der Waals surface area contributed by atoms with Crippen molar-refractivity contribution in [3.05, 3.63) is 60.2 Å². The van der Waals surface area contributed by atoms with Gasteiger partial charge in [-0.25, -0.2) is 0 Å². The van der Waals surface area contributed by atoms with E-state index in [-0.39, 0.29) is 0 Å². The maximum absolute atomic E-state index is 5.20. The van der Waals surface area contributed by atoms with Crippen LogP contribution in [-0.4, -0.2) is 23.0 Å². The third-order valence-electron chi connectivity index (χ3n) is 4.37. The first-order valence-corrected chi connectivity index (χ1v) is 9.91. The summed E-state index contributed by atoms with van der Waals surface area (Å²) in [4.78, 5) is 0. The number of alkyl halides is 1. The van der Waals surface area contributed by atoms with Crippen LogP contribution in [0.1, 0.15) is 43.6 Å². The van der Waals surface area contributed by atoms with Gasteiger partial charge in [-0.1, -0.05) is 73.9 Å². The van der Waals surface area contributed by atoms with Gasteiger partial charge in [0, 0.05) is 12.5 Å². The van der Waals surface area contributed by atoms with E-state index >= 15 is 0 Å². The Morgan fingerprint density at radius 1 is 0.913 bits per heavy atom. The molecule has 0 spiro atoms. The Hall–Kier alpha value is -1.09. The Morgan fingerprint density at radius 2 is 1.57 bits per heavy atom. The summed E-state index contributed by atoms with van der Waals surface area (Å²) in [6.45, 7) is 0.716. The molecule has 0 aromatic heterocycles. The van der Waals surface area contributed by atoms with E-state index in [0.717, 1.165) is 16.4 Å². The Morgan fingerprint density at radius 3 is 2.17 bits per heavy atom. The van der Waals surface area contributed by atoms with Crippen molar-refractivity contribution >= 4 is 22.1 Å². The normalized spacial score (nSPS) is 15.0. The lowest BCUT2D eigenvalue weighted by molar-refractivity contribution is 0.378. The third kappa shape index (κ3) is 5.80. The monoisotopic (exact) mass is 346 g/mol. The van der Waals surface area contributed by atoms with Crippen LogP contribution < -0.4 is 0 Å². The van der Waals surface area contributed by atoms with Crippen molar-refractivity contribution in [1.29, 1.82) is 0 Å². The van der Waals surface area contributed by atoms with Gasteiger partial charge in [-0.2, -0.15) is 0 Å². The van der Waals surface area contributed by atoms with Gasteiger partial charge in [0.05, 0.1) is 0 Å². The molecule has 1 aliphatic rings. The molecule has 23 heavy (non-hydrogen) atoms. The van der Waals surface area contributed by atoms with Gasteiger partial charge < -0.3 is 4.43 Å². The number of benzene rings is 2. The molecule has 0 heterocycles. The summed E-state index contributed by atoms with van der Waals surface area (Å²) in [5.74, 6) is 1.40. The smallest absolute Gasteiger partial charge is 0.146 e. The van der Waals surface area contributed by atoms with Gasteiger partial charge in [-0.05, 0) is 35.4 Å². The van der Waals surface area contributed by atoms with Crippen molar-refractivity contribution in [2.75, 3.05) is 12.5 Å². The first-order valence-electron chi connectivity index (χ1n) is 8.56. The molecule has 0 radical (unpaired) electrons. The van der Waals surface area contributed by atoms with E-state index in [1.165, 1.54) is 43.2 Å². The van der Waals surface area contributed by atoms with Crippen LogP contribution >= 0.6 is 11.6 Å². The number of hydrogen-bond donors (Lipinski definition) is 0. The second-order valence-corrected chi connectivity index (χ2v) is 6.93. The Labute approximate surface area is 148 Å². The molecule has 1 fully saturated rings. The fourth-order valence-electron chi connectivity index (χ4n) is 3.22. The summed E-state index contributed by atoms with van der Waals surface area (Å²) in [6.07, 6.45) is 6.94. The molecular formula is C20H27ClOSi. The van der Waals surface area contributed by atoms with Crippen LogP contribution in [0.5, 0.6) is 0 Å². The quantitative estimate of drug-likeness (QED) is 0.563. The minimum absolute atomic E-state index is 0.628. The van der Waals surface area contributed by atoms with E-state index in [9.17, 15) is 0 Å². The van der Waals surface area contributed by atoms with Crippen LogP contribution in [0.15, 0.2) is 54.6 Å².